The predicted molar refractivity (Wildman–Crippen MR) is 94.6 cm³/mol. The first kappa shape index (κ1) is 20.8. The number of amides is 3. The van der Waals surface area contributed by atoms with Crippen LogP contribution in [0, 0.1) is 0 Å². The molecule has 15 heteroatoms. The number of urea groups is 1. The number of carbonyl (C=O) groups excluding carboxylic acids is 2. The maximum Gasteiger partial charge on any atom is 0.418 e. The number of amidine groups is 1. The van der Waals surface area contributed by atoms with Gasteiger partial charge < -0.3 is 15.5 Å². The highest BCUT2D eigenvalue weighted by Crippen LogP contribution is 2.31. The standard InChI is InChI=1S/C13H21N5O8S2/c1-8(19)16-5-4-10(7-16)27(21,22)15-12(14)11-3-2-9-6-17(11)13(20)18(9)26-28(23,24)25/h9-11H,2-7H2,1H3,(H2,14,15)(H,23,24,25)/t9-,10+,11+/m1/s1. The van der Waals surface area contributed by atoms with Crippen LogP contribution < -0.4 is 5.73 Å². The van der Waals surface area contributed by atoms with Crippen molar-refractivity contribution < 1.29 is 35.3 Å². The Labute approximate surface area is 162 Å². The summed E-state index contributed by atoms with van der Waals surface area (Å²) in [5, 5.41) is -0.335. The molecule has 0 saturated carbocycles. The van der Waals surface area contributed by atoms with Gasteiger partial charge in [-0.2, -0.15) is 13.5 Å². The van der Waals surface area contributed by atoms with E-state index in [2.05, 4.69) is 8.68 Å². The summed E-state index contributed by atoms with van der Waals surface area (Å²) < 4.78 is 63.7. The number of nitrogens with zero attached hydrogens (tertiary/aromatic N) is 4. The van der Waals surface area contributed by atoms with E-state index in [0.717, 1.165) is 4.90 Å². The number of hydrogen-bond donors (Lipinski definition) is 2. The Kier molecular flexibility index (Phi) is 5.28. The summed E-state index contributed by atoms with van der Waals surface area (Å²) in [4.78, 5) is 26.3. The molecule has 13 nitrogen and oxygen atoms in total. The van der Waals surface area contributed by atoms with Crippen molar-refractivity contribution in [1.82, 2.24) is 14.9 Å². The molecule has 0 aromatic rings. The Hall–Kier alpha value is -1.97. The zero-order chi connectivity index (χ0) is 20.9. The summed E-state index contributed by atoms with van der Waals surface area (Å²) in [5.41, 5.74) is 5.89. The molecule has 0 aromatic carbocycles. The van der Waals surface area contributed by atoms with Crippen LogP contribution in [0.4, 0.5) is 4.79 Å². The molecule has 3 aliphatic rings. The lowest BCUT2D eigenvalue weighted by atomic mass is 10.0. The molecule has 0 radical (unpaired) electrons. The van der Waals surface area contributed by atoms with Crippen molar-refractivity contribution >= 4 is 38.2 Å². The van der Waals surface area contributed by atoms with Crippen LogP contribution in [0.2, 0.25) is 0 Å². The molecule has 3 saturated heterocycles. The van der Waals surface area contributed by atoms with Gasteiger partial charge in [-0.05, 0) is 19.3 Å². The fraction of sp³-hybridized carbons (Fsp3) is 0.769. The third-order valence-electron chi connectivity index (χ3n) is 5.08. The Morgan fingerprint density at radius 1 is 1.21 bits per heavy atom. The number of hydroxylamine groups is 2. The van der Waals surface area contributed by atoms with Crippen molar-refractivity contribution in [3.05, 3.63) is 0 Å². The highest BCUT2D eigenvalue weighted by atomic mass is 32.3. The van der Waals surface area contributed by atoms with Crippen molar-refractivity contribution in [2.75, 3.05) is 19.6 Å². The monoisotopic (exact) mass is 439 g/mol. The second-order valence-electron chi connectivity index (χ2n) is 6.92. The minimum atomic E-state index is -4.88. The molecule has 158 valence electrons. The number of carbonyl (C=O) groups is 2. The molecule has 0 aromatic heterocycles. The van der Waals surface area contributed by atoms with Crippen LogP contribution in [0.25, 0.3) is 0 Å². The largest absolute Gasteiger partial charge is 0.418 e. The van der Waals surface area contributed by atoms with Gasteiger partial charge in [-0.3, -0.25) is 9.35 Å². The summed E-state index contributed by atoms with van der Waals surface area (Å²) in [6.07, 6.45) is 0.765. The van der Waals surface area contributed by atoms with Gasteiger partial charge in [0.15, 0.2) is 0 Å². The van der Waals surface area contributed by atoms with Crippen molar-refractivity contribution in [3.63, 3.8) is 0 Å². The number of likely N-dealkylation sites (tertiary alicyclic amines) is 1. The van der Waals surface area contributed by atoms with Crippen LogP contribution in [0.3, 0.4) is 0 Å². The molecule has 3 atom stereocenters. The van der Waals surface area contributed by atoms with Gasteiger partial charge in [-0.25, -0.2) is 13.2 Å². The van der Waals surface area contributed by atoms with E-state index in [0.29, 0.717) is 11.6 Å². The van der Waals surface area contributed by atoms with Crippen LogP contribution in [0.1, 0.15) is 26.2 Å². The molecule has 3 rings (SSSR count). The molecule has 3 amide bonds. The Bertz CT molecular complexity index is 917. The molecular formula is C13H21N5O8S2. The van der Waals surface area contributed by atoms with E-state index >= 15 is 0 Å². The van der Waals surface area contributed by atoms with Crippen LogP contribution >= 0.6 is 0 Å². The van der Waals surface area contributed by atoms with E-state index in [1.807, 2.05) is 0 Å². The lowest BCUT2D eigenvalue weighted by molar-refractivity contribution is -0.127. The molecule has 3 fully saturated rings. The summed E-state index contributed by atoms with van der Waals surface area (Å²) in [6, 6.07) is -2.32. The van der Waals surface area contributed by atoms with Crippen LogP contribution in [-0.2, 0) is 29.5 Å². The highest BCUT2D eigenvalue weighted by Gasteiger charge is 2.48. The Morgan fingerprint density at radius 2 is 1.89 bits per heavy atom. The number of rotatable bonds is 5. The van der Waals surface area contributed by atoms with E-state index in [1.165, 1.54) is 11.8 Å². The number of sulfonamides is 1. The van der Waals surface area contributed by atoms with Crippen molar-refractivity contribution in [2.45, 2.75) is 43.5 Å². The lowest BCUT2D eigenvalue weighted by Crippen LogP contribution is -2.48. The van der Waals surface area contributed by atoms with E-state index in [4.69, 9.17) is 10.3 Å². The average Bonchev–Trinajstić information content (AvgIpc) is 3.15. The zero-order valence-electron chi connectivity index (χ0n) is 15.0. The van der Waals surface area contributed by atoms with Crippen LogP contribution in [0.15, 0.2) is 4.40 Å². The minimum Gasteiger partial charge on any atom is -0.385 e. The van der Waals surface area contributed by atoms with Crippen LogP contribution in [-0.4, -0.2) is 91.0 Å². The summed E-state index contributed by atoms with van der Waals surface area (Å²) in [6.45, 7) is 1.74. The van der Waals surface area contributed by atoms with Gasteiger partial charge in [0.1, 0.15) is 11.1 Å². The first-order valence-electron chi connectivity index (χ1n) is 8.50. The molecular weight excluding hydrogens is 418 g/mol. The van der Waals surface area contributed by atoms with Crippen LogP contribution in [0.5, 0.6) is 0 Å². The van der Waals surface area contributed by atoms with Crippen molar-refractivity contribution in [1.29, 1.82) is 0 Å². The van der Waals surface area contributed by atoms with Gasteiger partial charge in [0, 0.05) is 26.6 Å². The maximum absolute atomic E-state index is 12.5. The molecule has 28 heavy (non-hydrogen) atoms. The average molecular weight is 439 g/mol. The fourth-order valence-corrected chi connectivity index (χ4v) is 5.40. The van der Waals surface area contributed by atoms with Crippen molar-refractivity contribution in [3.8, 4) is 0 Å². The fourth-order valence-electron chi connectivity index (χ4n) is 3.68. The summed E-state index contributed by atoms with van der Waals surface area (Å²) in [5.74, 6) is -0.517. The maximum atomic E-state index is 12.5. The van der Waals surface area contributed by atoms with Gasteiger partial charge in [0.25, 0.3) is 10.0 Å². The third-order valence-corrected chi connectivity index (χ3v) is 7.12. The first-order valence-corrected chi connectivity index (χ1v) is 11.4. The van der Waals surface area contributed by atoms with Crippen molar-refractivity contribution in [2.24, 2.45) is 10.1 Å². The molecule has 0 aliphatic carbocycles. The quantitative estimate of drug-likeness (QED) is 0.287. The number of nitrogens with two attached hydrogens (primary N) is 1. The molecule has 0 unspecified atom stereocenters. The normalized spacial score (nSPS) is 28.9. The topological polar surface area (TPSA) is 180 Å². The second-order valence-corrected chi connectivity index (χ2v) is 9.80. The molecule has 3 aliphatic heterocycles. The SMILES string of the molecule is CC(=O)N1CC[C@H](S(=O)(=O)N=C(N)[C@@H]2CC[C@@H]3CN2C(=O)N3OS(=O)(=O)O)C1. The number of piperidine rings is 1. The third kappa shape index (κ3) is 4.06. The first-order chi connectivity index (χ1) is 12.9. The van der Waals surface area contributed by atoms with E-state index in [1.54, 1.807) is 0 Å². The van der Waals surface area contributed by atoms with E-state index < -0.39 is 43.8 Å². The van der Waals surface area contributed by atoms with E-state index in [-0.39, 0.29) is 44.1 Å². The zero-order valence-corrected chi connectivity index (χ0v) is 16.6. The molecule has 3 heterocycles. The number of hydrogen-bond acceptors (Lipinski definition) is 7. The molecule has 3 N–H and O–H groups in total. The van der Waals surface area contributed by atoms with Gasteiger partial charge in [-0.15, -0.1) is 8.68 Å². The van der Waals surface area contributed by atoms with Gasteiger partial charge in [0.2, 0.25) is 5.91 Å². The second kappa shape index (κ2) is 7.13. The minimum absolute atomic E-state index is 0.0276. The molecule has 0 spiro atoms. The lowest BCUT2D eigenvalue weighted by Gasteiger charge is -2.29. The van der Waals surface area contributed by atoms with Gasteiger partial charge in [0.05, 0.1) is 12.1 Å². The summed E-state index contributed by atoms with van der Waals surface area (Å²) >= 11 is 0. The van der Waals surface area contributed by atoms with Gasteiger partial charge >= 0.3 is 16.4 Å². The van der Waals surface area contributed by atoms with Gasteiger partial charge in [-0.1, -0.05) is 0 Å². The molecule has 2 bridgehead atoms. The Morgan fingerprint density at radius 3 is 2.46 bits per heavy atom. The predicted octanol–water partition coefficient (Wildman–Crippen LogP) is -1.70. The number of fused-ring (bicyclic) bond motifs is 2. The summed E-state index contributed by atoms with van der Waals surface area (Å²) in [7, 11) is -8.88. The smallest absolute Gasteiger partial charge is 0.385 e. The van der Waals surface area contributed by atoms with E-state index in [9.17, 15) is 26.4 Å². The highest BCUT2D eigenvalue weighted by molar-refractivity contribution is 7.90. The Balaban J connectivity index is 1.75.